The summed E-state index contributed by atoms with van der Waals surface area (Å²) in [4.78, 5) is 4.31. The molecule has 0 aliphatic rings. The number of pyridine rings is 2. The highest BCUT2D eigenvalue weighted by Gasteiger charge is 2.19. The van der Waals surface area contributed by atoms with E-state index in [1.54, 1.807) is 41.1 Å². The van der Waals surface area contributed by atoms with Gasteiger partial charge in [0.15, 0.2) is 5.65 Å². The number of hydrogen-bond acceptors (Lipinski definition) is 5. The zero-order valence-electron chi connectivity index (χ0n) is 11.8. The molecule has 0 spiro atoms. The van der Waals surface area contributed by atoms with Crippen molar-refractivity contribution in [3.05, 3.63) is 61.2 Å². The van der Waals surface area contributed by atoms with E-state index >= 15 is 0 Å². The molecule has 7 nitrogen and oxygen atoms in total. The van der Waals surface area contributed by atoms with Gasteiger partial charge in [-0.1, -0.05) is 18.2 Å². The summed E-state index contributed by atoms with van der Waals surface area (Å²) in [7, 11) is -3.80. The van der Waals surface area contributed by atoms with Gasteiger partial charge in [0.1, 0.15) is 11.2 Å². The highest BCUT2D eigenvalue weighted by molar-refractivity contribution is 7.93. The fraction of sp³-hybridized carbons (Fsp3) is 0. The van der Waals surface area contributed by atoms with Crippen LogP contribution in [0.15, 0.2) is 66.1 Å². The highest BCUT2D eigenvalue weighted by atomic mass is 32.2. The molecule has 0 unspecified atom stereocenters. The lowest BCUT2D eigenvalue weighted by molar-refractivity contribution is 0.602. The maximum absolute atomic E-state index is 12.8. The van der Waals surface area contributed by atoms with E-state index in [1.165, 1.54) is 12.4 Å². The van der Waals surface area contributed by atoms with Gasteiger partial charge in [0.05, 0.1) is 11.2 Å². The van der Waals surface area contributed by atoms with Crippen molar-refractivity contribution in [3.8, 4) is 0 Å². The number of nitrogens with zero attached hydrogens (tertiary/aromatic N) is 4. The number of sulfonamides is 1. The van der Waals surface area contributed by atoms with Gasteiger partial charge in [-0.3, -0.25) is 14.1 Å². The van der Waals surface area contributed by atoms with Gasteiger partial charge in [-0.25, -0.2) is 8.42 Å². The van der Waals surface area contributed by atoms with Crippen molar-refractivity contribution >= 4 is 32.3 Å². The quantitative estimate of drug-likeness (QED) is 0.623. The molecule has 0 bridgehead atoms. The summed E-state index contributed by atoms with van der Waals surface area (Å²) in [5, 5.41) is 8.47. The third-order valence-electron chi connectivity index (χ3n) is 3.45. The van der Waals surface area contributed by atoms with Crippen LogP contribution in [0.2, 0.25) is 0 Å². The molecular formula is C15H11N5O2S. The molecule has 114 valence electrons. The Bertz CT molecular complexity index is 1120. The van der Waals surface area contributed by atoms with E-state index in [-0.39, 0.29) is 4.90 Å². The first-order valence-electron chi connectivity index (χ1n) is 6.80. The van der Waals surface area contributed by atoms with Crippen LogP contribution in [0.3, 0.4) is 0 Å². The smallest absolute Gasteiger partial charge is 0.264 e. The summed E-state index contributed by atoms with van der Waals surface area (Å²) in [6.07, 6.45) is 4.82. The van der Waals surface area contributed by atoms with Gasteiger partial charge in [0, 0.05) is 17.8 Å². The van der Waals surface area contributed by atoms with Gasteiger partial charge >= 0.3 is 0 Å². The molecule has 1 N–H and O–H groups in total. The third kappa shape index (κ3) is 2.29. The lowest BCUT2D eigenvalue weighted by Gasteiger charge is -2.10. The van der Waals surface area contributed by atoms with E-state index in [0.717, 1.165) is 5.39 Å². The van der Waals surface area contributed by atoms with Crippen LogP contribution >= 0.6 is 0 Å². The van der Waals surface area contributed by atoms with Crippen LogP contribution in [0.1, 0.15) is 0 Å². The van der Waals surface area contributed by atoms with E-state index in [1.807, 2.05) is 12.1 Å². The zero-order chi connectivity index (χ0) is 15.9. The molecule has 0 saturated heterocycles. The van der Waals surface area contributed by atoms with E-state index in [4.69, 9.17) is 0 Å². The standard InChI is InChI=1S/C15H11N5O2S/c21-23(22,13-7-1-4-11-5-2-8-16-14(11)13)19-12-6-3-9-20-10-17-18-15(12)20/h1-10,19H. The molecule has 3 aromatic heterocycles. The molecule has 0 aliphatic heterocycles. The first-order chi connectivity index (χ1) is 11.1. The third-order valence-corrected chi connectivity index (χ3v) is 4.85. The summed E-state index contributed by atoms with van der Waals surface area (Å²) in [5.74, 6) is 0. The minimum atomic E-state index is -3.80. The van der Waals surface area contributed by atoms with Crippen LogP contribution in [0.5, 0.6) is 0 Å². The Morgan fingerprint density at radius 3 is 2.83 bits per heavy atom. The van der Waals surface area contributed by atoms with E-state index in [2.05, 4.69) is 19.9 Å². The van der Waals surface area contributed by atoms with Crippen LogP contribution in [0.4, 0.5) is 5.69 Å². The number of rotatable bonds is 3. The summed E-state index contributed by atoms with van der Waals surface area (Å²) >= 11 is 0. The van der Waals surface area contributed by atoms with E-state index in [0.29, 0.717) is 16.9 Å². The molecule has 3 heterocycles. The zero-order valence-corrected chi connectivity index (χ0v) is 12.6. The maximum atomic E-state index is 12.8. The number of aromatic nitrogens is 4. The van der Waals surface area contributed by atoms with Crippen molar-refractivity contribution in [2.75, 3.05) is 4.72 Å². The number of para-hydroxylation sites is 1. The molecule has 0 amide bonds. The van der Waals surface area contributed by atoms with Crippen molar-refractivity contribution in [1.82, 2.24) is 19.6 Å². The Kier molecular flexibility index (Phi) is 2.98. The number of benzene rings is 1. The Labute approximate surface area is 131 Å². The largest absolute Gasteiger partial charge is 0.287 e. The summed E-state index contributed by atoms with van der Waals surface area (Å²) in [6, 6.07) is 12.0. The average Bonchev–Trinajstić information content (AvgIpc) is 3.04. The van der Waals surface area contributed by atoms with Gasteiger partial charge in [-0.15, -0.1) is 10.2 Å². The fourth-order valence-electron chi connectivity index (χ4n) is 2.42. The lowest BCUT2D eigenvalue weighted by atomic mass is 10.2. The highest BCUT2D eigenvalue weighted by Crippen LogP contribution is 2.24. The summed E-state index contributed by atoms with van der Waals surface area (Å²) in [6.45, 7) is 0. The van der Waals surface area contributed by atoms with Crippen molar-refractivity contribution in [3.63, 3.8) is 0 Å². The van der Waals surface area contributed by atoms with Crippen molar-refractivity contribution in [2.45, 2.75) is 4.90 Å². The first kappa shape index (κ1) is 13.6. The van der Waals surface area contributed by atoms with Crippen LogP contribution in [0, 0.1) is 0 Å². The molecule has 0 saturated carbocycles. The van der Waals surface area contributed by atoms with Crippen LogP contribution in [0.25, 0.3) is 16.6 Å². The molecule has 0 radical (unpaired) electrons. The second-order valence-electron chi connectivity index (χ2n) is 4.92. The van der Waals surface area contributed by atoms with Crippen molar-refractivity contribution in [1.29, 1.82) is 0 Å². The van der Waals surface area contributed by atoms with Crippen LogP contribution in [-0.4, -0.2) is 28.0 Å². The number of nitrogens with one attached hydrogen (secondary N) is 1. The van der Waals surface area contributed by atoms with Gasteiger partial charge in [-0.05, 0) is 24.3 Å². The topological polar surface area (TPSA) is 89.2 Å². The van der Waals surface area contributed by atoms with Crippen LogP contribution in [-0.2, 0) is 10.0 Å². The van der Waals surface area contributed by atoms with E-state index < -0.39 is 10.0 Å². The molecule has 23 heavy (non-hydrogen) atoms. The van der Waals surface area contributed by atoms with Crippen molar-refractivity contribution < 1.29 is 8.42 Å². The predicted molar refractivity (Wildman–Crippen MR) is 85.5 cm³/mol. The van der Waals surface area contributed by atoms with Crippen molar-refractivity contribution in [2.24, 2.45) is 0 Å². The second kappa shape index (κ2) is 5.03. The molecule has 0 fully saturated rings. The molecule has 4 rings (SSSR count). The number of fused-ring (bicyclic) bond motifs is 2. The Hall–Kier alpha value is -3.00. The summed E-state index contributed by atoms with van der Waals surface area (Å²) in [5.41, 5.74) is 1.22. The minimum absolute atomic E-state index is 0.122. The molecule has 8 heteroatoms. The predicted octanol–water partition coefficient (Wildman–Crippen LogP) is 2.08. The fourth-order valence-corrected chi connectivity index (χ4v) is 3.67. The SMILES string of the molecule is O=S(=O)(Nc1cccn2cnnc12)c1cccc2cccnc12. The minimum Gasteiger partial charge on any atom is -0.287 e. The maximum Gasteiger partial charge on any atom is 0.264 e. The molecule has 4 aromatic rings. The number of anilines is 1. The second-order valence-corrected chi connectivity index (χ2v) is 6.57. The number of hydrogen-bond donors (Lipinski definition) is 1. The molecule has 1 aromatic carbocycles. The Balaban J connectivity index is 1.86. The molecule has 0 aliphatic carbocycles. The van der Waals surface area contributed by atoms with Crippen LogP contribution < -0.4 is 4.72 Å². The van der Waals surface area contributed by atoms with Gasteiger partial charge < -0.3 is 0 Å². The van der Waals surface area contributed by atoms with Gasteiger partial charge in [0.25, 0.3) is 10.0 Å². The van der Waals surface area contributed by atoms with Gasteiger partial charge in [0.2, 0.25) is 0 Å². The molecular weight excluding hydrogens is 314 g/mol. The molecule has 0 atom stereocenters. The monoisotopic (exact) mass is 325 g/mol. The lowest BCUT2D eigenvalue weighted by Crippen LogP contribution is -2.14. The summed E-state index contributed by atoms with van der Waals surface area (Å²) < 4.78 is 29.7. The average molecular weight is 325 g/mol. The Morgan fingerprint density at radius 2 is 1.91 bits per heavy atom. The normalized spacial score (nSPS) is 11.8. The Morgan fingerprint density at radius 1 is 1.04 bits per heavy atom. The van der Waals surface area contributed by atoms with Gasteiger partial charge in [-0.2, -0.15) is 0 Å². The van der Waals surface area contributed by atoms with E-state index in [9.17, 15) is 8.42 Å². The first-order valence-corrected chi connectivity index (χ1v) is 8.28.